The molecule has 3 unspecified atom stereocenters. The van der Waals surface area contributed by atoms with E-state index >= 15 is 0 Å². The molecule has 20 heavy (non-hydrogen) atoms. The van der Waals surface area contributed by atoms with E-state index < -0.39 is 9.75 Å². The summed E-state index contributed by atoms with van der Waals surface area (Å²) < 4.78 is -0.946. The molecule has 0 saturated heterocycles. The molecule has 0 heterocycles. The minimum absolute atomic E-state index is 0.0199. The van der Waals surface area contributed by atoms with Gasteiger partial charge in [0, 0.05) is 5.92 Å². The monoisotopic (exact) mass is 313 g/mol. The molecular formula is C16H21Cl2NO. The lowest BCUT2D eigenvalue weighted by molar-refractivity contribution is -0.127. The van der Waals surface area contributed by atoms with Gasteiger partial charge in [0.2, 0.25) is 5.91 Å². The normalized spacial score (nSPS) is 28.8. The fourth-order valence-electron chi connectivity index (χ4n) is 2.95. The zero-order valence-electron chi connectivity index (χ0n) is 12.3. The van der Waals surface area contributed by atoms with E-state index in [0.29, 0.717) is 6.42 Å². The molecule has 3 atom stereocenters. The van der Waals surface area contributed by atoms with E-state index in [1.807, 2.05) is 52.0 Å². The summed E-state index contributed by atoms with van der Waals surface area (Å²) in [6, 6.07) is 8.10. The first kappa shape index (κ1) is 15.7. The molecule has 0 radical (unpaired) electrons. The maximum atomic E-state index is 12.6. The second-order valence-corrected chi connectivity index (χ2v) is 7.16. The van der Waals surface area contributed by atoms with Gasteiger partial charge < -0.3 is 5.32 Å². The topological polar surface area (TPSA) is 29.1 Å². The fraction of sp³-hybridized carbons (Fsp3) is 0.562. The van der Waals surface area contributed by atoms with Gasteiger partial charge in [0.1, 0.15) is 4.33 Å². The molecule has 1 aromatic rings. The van der Waals surface area contributed by atoms with Crippen LogP contribution in [0.15, 0.2) is 24.3 Å². The van der Waals surface area contributed by atoms with E-state index in [1.165, 1.54) is 5.56 Å². The van der Waals surface area contributed by atoms with Crippen LogP contribution in [0.5, 0.6) is 0 Å². The number of hydrogen-bond donors (Lipinski definition) is 1. The van der Waals surface area contributed by atoms with E-state index in [1.54, 1.807) is 0 Å². The minimum Gasteiger partial charge on any atom is -0.349 e. The number of halogens is 2. The van der Waals surface area contributed by atoms with Crippen LogP contribution in [0.3, 0.4) is 0 Å². The zero-order chi connectivity index (χ0) is 15.1. The van der Waals surface area contributed by atoms with Gasteiger partial charge in [-0.2, -0.15) is 0 Å². The molecule has 0 aliphatic heterocycles. The third-order valence-electron chi connectivity index (χ3n) is 4.68. The summed E-state index contributed by atoms with van der Waals surface area (Å²) in [5.41, 5.74) is 1.63. The van der Waals surface area contributed by atoms with Crippen LogP contribution < -0.4 is 5.32 Å². The summed E-state index contributed by atoms with van der Waals surface area (Å²) in [4.78, 5) is 12.6. The molecular weight excluding hydrogens is 293 g/mol. The van der Waals surface area contributed by atoms with E-state index in [4.69, 9.17) is 23.2 Å². The van der Waals surface area contributed by atoms with Gasteiger partial charge in [0.25, 0.3) is 0 Å². The number of carbonyl (C=O) groups is 1. The Morgan fingerprint density at radius 2 is 1.85 bits per heavy atom. The van der Waals surface area contributed by atoms with E-state index in [0.717, 1.165) is 5.56 Å². The van der Waals surface area contributed by atoms with Crippen molar-refractivity contribution < 1.29 is 4.79 Å². The van der Waals surface area contributed by atoms with Crippen LogP contribution in [0.2, 0.25) is 0 Å². The van der Waals surface area contributed by atoms with Crippen molar-refractivity contribution in [3.8, 4) is 0 Å². The zero-order valence-corrected chi connectivity index (χ0v) is 13.8. The van der Waals surface area contributed by atoms with Gasteiger partial charge in [-0.25, -0.2) is 0 Å². The van der Waals surface area contributed by atoms with Crippen LogP contribution in [-0.4, -0.2) is 10.2 Å². The van der Waals surface area contributed by atoms with Gasteiger partial charge in [-0.1, -0.05) is 43.7 Å². The first-order chi connectivity index (χ1) is 9.27. The maximum Gasteiger partial charge on any atom is 0.230 e. The second kappa shape index (κ2) is 5.23. The van der Waals surface area contributed by atoms with Crippen molar-refractivity contribution in [2.75, 3.05) is 0 Å². The van der Waals surface area contributed by atoms with Crippen molar-refractivity contribution in [2.45, 2.75) is 44.5 Å². The molecule has 0 spiro atoms. The van der Waals surface area contributed by atoms with Crippen LogP contribution in [0.1, 0.15) is 44.4 Å². The van der Waals surface area contributed by atoms with Crippen molar-refractivity contribution in [3.63, 3.8) is 0 Å². The highest BCUT2D eigenvalue weighted by Gasteiger charge is 2.76. The standard InChI is InChI=1S/C16H21Cl2NO/c1-5-15(12(4)16(15,17)18)14(20)19-11(3)13-8-6-10(2)7-9-13/h6-9,11-12H,5H2,1-4H3,(H,19,20). The van der Waals surface area contributed by atoms with Crippen molar-refractivity contribution in [3.05, 3.63) is 35.4 Å². The smallest absolute Gasteiger partial charge is 0.230 e. The summed E-state index contributed by atoms with van der Waals surface area (Å²) in [6.07, 6.45) is 0.646. The van der Waals surface area contributed by atoms with Crippen LogP contribution in [0.25, 0.3) is 0 Å². The van der Waals surface area contributed by atoms with Crippen molar-refractivity contribution in [1.82, 2.24) is 5.32 Å². The number of amides is 1. The lowest BCUT2D eigenvalue weighted by Gasteiger charge is -2.21. The van der Waals surface area contributed by atoms with Gasteiger partial charge in [0.05, 0.1) is 11.5 Å². The number of carbonyl (C=O) groups excluding carboxylic acids is 1. The molecule has 4 heteroatoms. The predicted molar refractivity (Wildman–Crippen MR) is 84.1 cm³/mol. The van der Waals surface area contributed by atoms with Gasteiger partial charge in [0.15, 0.2) is 0 Å². The molecule has 1 aliphatic rings. The summed E-state index contributed by atoms with van der Waals surface area (Å²) >= 11 is 12.5. The molecule has 1 N–H and O–H groups in total. The molecule has 2 rings (SSSR count). The number of alkyl halides is 2. The quantitative estimate of drug-likeness (QED) is 0.820. The van der Waals surface area contributed by atoms with Gasteiger partial charge in [-0.15, -0.1) is 23.2 Å². The summed E-state index contributed by atoms with van der Waals surface area (Å²) in [7, 11) is 0. The third kappa shape index (κ3) is 2.23. The van der Waals surface area contributed by atoms with E-state index in [-0.39, 0.29) is 17.9 Å². The minimum atomic E-state index is -0.946. The number of aryl methyl sites for hydroxylation is 1. The number of rotatable bonds is 4. The molecule has 1 amide bonds. The number of nitrogens with one attached hydrogen (secondary N) is 1. The maximum absolute atomic E-state index is 12.6. The van der Waals surface area contributed by atoms with E-state index in [9.17, 15) is 4.79 Å². The molecule has 1 saturated carbocycles. The van der Waals surface area contributed by atoms with Crippen molar-refractivity contribution in [1.29, 1.82) is 0 Å². The van der Waals surface area contributed by atoms with Gasteiger partial charge in [-0.3, -0.25) is 4.79 Å². The van der Waals surface area contributed by atoms with Crippen LogP contribution >= 0.6 is 23.2 Å². The Bertz CT molecular complexity index is 512. The average Bonchev–Trinajstić information content (AvgIpc) is 2.84. The SMILES string of the molecule is CCC1(C(=O)NC(C)c2ccc(C)cc2)C(C)C1(Cl)Cl. The highest BCUT2D eigenvalue weighted by atomic mass is 35.5. The van der Waals surface area contributed by atoms with E-state index in [2.05, 4.69) is 5.32 Å². The first-order valence-corrected chi connectivity index (χ1v) is 7.78. The molecule has 1 fully saturated rings. The predicted octanol–water partition coefficient (Wildman–Crippen LogP) is 4.39. The lowest BCUT2D eigenvalue weighted by Crippen LogP contribution is -2.36. The lowest BCUT2D eigenvalue weighted by atomic mass is 9.98. The molecule has 2 nitrogen and oxygen atoms in total. The molecule has 1 aromatic carbocycles. The Morgan fingerprint density at radius 3 is 2.25 bits per heavy atom. The van der Waals surface area contributed by atoms with Crippen molar-refractivity contribution in [2.24, 2.45) is 11.3 Å². The average molecular weight is 314 g/mol. The Labute approximate surface area is 130 Å². The molecule has 110 valence electrons. The fourth-order valence-corrected chi connectivity index (χ4v) is 3.98. The molecule has 0 aromatic heterocycles. The Hall–Kier alpha value is -0.730. The Kier molecular flexibility index (Phi) is 4.10. The Balaban J connectivity index is 2.11. The summed E-state index contributed by atoms with van der Waals surface area (Å²) in [5, 5.41) is 3.05. The van der Waals surface area contributed by atoms with Crippen LogP contribution in [0, 0.1) is 18.3 Å². The van der Waals surface area contributed by atoms with Crippen LogP contribution in [0.4, 0.5) is 0 Å². The second-order valence-electron chi connectivity index (χ2n) is 5.78. The molecule has 1 aliphatic carbocycles. The highest BCUT2D eigenvalue weighted by molar-refractivity contribution is 6.53. The van der Waals surface area contributed by atoms with Gasteiger partial charge >= 0.3 is 0 Å². The first-order valence-electron chi connectivity index (χ1n) is 7.02. The summed E-state index contributed by atoms with van der Waals surface area (Å²) in [5.74, 6) is -0.0703. The highest BCUT2D eigenvalue weighted by Crippen LogP contribution is 2.70. The number of benzene rings is 1. The van der Waals surface area contributed by atoms with Gasteiger partial charge in [-0.05, 0) is 25.8 Å². The number of hydrogen-bond acceptors (Lipinski definition) is 1. The largest absolute Gasteiger partial charge is 0.349 e. The van der Waals surface area contributed by atoms with Crippen LogP contribution in [-0.2, 0) is 4.79 Å². The third-order valence-corrected chi connectivity index (χ3v) is 6.01. The molecule has 0 bridgehead atoms. The Morgan fingerprint density at radius 1 is 1.35 bits per heavy atom. The summed E-state index contributed by atoms with van der Waals surface area (Å²) in [6.45, 7) is 7.90. The van der Waals surface area contributed by atoms with Crippen molar-refractivity contribution >= 4 is 29.1 Å².